The third kappa shape index (κ3) is 2.92. The van der Waals surface area contributed by atoms with Crippen molar-refractivity contribution >= 4 is 11.6 Å². The van der Waals surface area contributed by atoms with Crippen LogP contribution in [0.3, 0.4) is 0 Å². The first kappa shape index (κ1) is 15.3. The van der Waals surface area contributed by atoms with Crippen LogP contribution in [0.1, 0.15) is 25.1 Å². The van der Waals surface area contributed by atoms with Crippen molar-refractivity contribution in [3.05, 3.63) is 30.1 Å². The SMILES string of the molecule is O=C(Nc1ccc(-c2nnc3n2CCCC3)cc1)C1CC(O)CN1. The first-order valence-corrected chi connectivity index (χ1v) is 8.45. The van der Waals surface area contributed by atoms with Crippen molar-refractivity contribution in [3.8, 4) is 11.4 Å². The molecule has 24 heavy (non-hydrogen) atoms. The molecule has 2 unspecified atom stereocenters. The van der Waals surface area contributed by atoms with E-state index in [1.54, 1.807) is 0 Å². The van der Waals surface area contributed by atoms with E-state index in [0.29, 0.717) is 13.0 Å². The summed E-state index contributed by atoms with van der Waals surface area (Å²) in [7, 11) is 0. The Kier molecular flexibility index (Phi) is 4.03. The molecule has 2 aliphatic rings. The van der Waals surface area contributed by atoms with E-state index in [1.807, 2.05) is 24.3 Å². The predicted octanol–water partition coefficient (Wildman–Crippen LogP) is 0.943. The molecule has 0 saturated carbocycles. The van der Waals surface area contributed by atoms with E-state index in [9.17, 15) is 9.90 Å². The molecular weight excluding hydrogens is 306 g/mol. The van der Waals surface area contributed by atoms with Gasteiger partial charge in [-0.05, 0) is 43.5 Å². The number of benzene rings is 1. The summed E-state index contributed by atoms with van der Waals surface area (Å²) >= 11 is 0. The number of rotatable bonds is 3. The molecule has 126 valence electrons. The Morgan fingerprint density at radius 1 is 1.25 bits per heavy atom. The van der Waals surface area contributed by atoms with Crippen LogP contribution in [-0.2, 0) is 17.8 Å². The highest BCUT2D eigenvalue weighted by atomic mass is 16.3. The first-order chi connectivity index (χ1) is 11.7. The summed E-state index contributed by atoms with van der Waals surface area (Å²) in [6.07, 6.45) is 3.33. The highest BCUT2D eigenvalue weighted by molar-refractivity contribution is 5.95. The molecule has 1 amide bonds. The van der Waals surface area contributed by atoms with Crippen LogP contribution in [0.25, 0.3) is 11.4 Å². The molecule has 3 N–H and O–H groups in total. The van der Waals surface area contributed by atoms with E-state index in [1.165, 1.54) is 6.42 Å². The van der Waals surface area contributed by atoms with Crippen LogP contribution in [0.4, 0.5) is 5.69 Å². The molecule has 2 aromatic rings. The molecule has 0 radical (unpaired) electrons. The van der Waals surface area contributed by atoms with Crippen molar-refractivity contribution in [2.24, 2.45) is 0 Å². The first-order valence-electron chi connectivity index (χ1n) is 8.45. The lowest BCUT2D eigenvalue weighted by Crippen LogP contribution is -2.35. The molecule has 7 nitrogen and oxygen atoms in total. The smallest absolute Gasteiger partial charge is 0.241 e. The molecule has 1 saturated heterocycles. The molecule has 2 aliphatic heterocycles. The van der Waals surface area contributed by atoms with E-state index >= 15 is 0 Å². The van der Waals surface area contributed by atoms with Gasteiger partial charge in [0.1, 0.15) is 5.82 Å². The Morgan fingerprint density at radius 3 is 2.83 bits per heavy atom. The van der Waals surface area contributed by atoms with Gasteiger partial charge in [0.2, 0.25) is 5.91 Å². The number of aliphatic hydroxyl groups excluding tert-OH is 1. The summed E-state index contributed by atoms with van der Waals surface area (Å²) in [4.78, 5) is 12.2. The molecule has 1 aromatic heterocycles. The normalized spacial score (nSPS) is 23.0. The second-order valence-corrected chi connectivity index (χ2v) is 6.47. The highest BCUT2D eigenvalue weighted by Gasteiger charge is 2.28. The lowest BCUT2D eigenvalue weighted by atomic mass is 10.1. The number of aliphatic hydroxyl groups is 1. The van der Waals surface area contributed by atoms with Gasteiger partial charge in [0.15, 0.2) is 5.82 Å². The zero-order chi connectivity index (χ0) is 16.5. The molecule has 0 aliphatic carbocycles. The number of fused-ring (bicyclic) bond motifs is 1. The Labute approximate surface area is 140 Å². The molecular formula is C17H21N5O2. The number of nitrogens with zero attached hydrogens (tertiary/aromatic N) is 3. The summed E-state index contributed by atoms with van der Waals surface area (Å²) in [5.74, 6) is 1.84. The van der Waals surface area contributed by atoms with E-state index in [-0.39, 0.29) is 11.9 Å². The molecule has 7 heteroatoms. The second kappa shape index (κ2) is 6.33. The van der Waals surface area contributed by atoms with Crippen molar-refractivity contribution < 1.29 is 9.90 Å². The lowest BCUT2D eigenvalue weighted by molar-refractivity contribution is -0.117. The van der Waals surface area contributed by atoms with Gasteiger partial charge >= 0.3 is 0 Å². The third-order valence-electron chi connectivity index (χ3n) is 4.69. The largest absolute Gasteiger partial charge is 0.392 e. The van der Waals surface area contributed by atoms with Crippen molar-refractivity contribution in [3.63, 3.8) is 0 Å². The van der Waals surface area contributed by atoms with E-state index in [4.69, 9.17) is 0 Å². The molecule has 2 atom stereocenters. The standard InChI is InChI=1S/C17H21N5O2/c23-13-9-14(18-10-13)17(24)19-12-6-4-11(5-7-12)16-21-20-15-3-1-2-8-22(15)16/h4-7,13-14,18,23H,1-3,8-10H2,(H,19,24). The fourth-order valence-electron chi connectivity index (χ4n) is 3.37. The van der Waals surface area contributed by atoms with Gasteiger partial charge in [0, 0.05) is 30.8 Å². The number of carbonyl (C=O) groups excluding carboxylic acids is 1. The van der Waals surface area contributed by atoms with E-state index in [2.05, 4.69) is 25.4 Å². The fourth-order valence-corrected chi connectivity index (χ4v) is 3.37. The molecule has 3 heterocycles. The topological polar surface area (TPSA) is 92.1 Å². The lowest BCUT2D eigenvalue weighted by Gasteiger charge is -2.15. The summed E-state index contributed by atoms with van der Waals surface area (Å²) < 4.78 is 2.18. The van der Waals surface area contributed by atoms with Gasteiger partial charge in [-0.25, -0.2) is 0 Å². The maximum absolute atomic E-state index is 12.2. The summed E-state index contributed by atoms with van der Waals surface area (Å²) in [5.41, 5.74) is 1.74. The summed E-state index contributed by atoms with van der Waals surface area (Å²) in [5, 5.41) is 24.0. The van der Waals surface area contributed by atoms with Gasteiger partial charge in [0.25, 0.3) is 0 Å². The van der Waals surface area contributed by atoms with Crippen molar-refractivity contribution in [1.29, 1.82) is 0 Å². The second-order valence-electron chi connectivity index (χ2n) is 6.47. The minimum atomic E-state index is -0.442. The molecule has 0 bridgehead atoms. The number of anilines is 1. The number of nitrogens with one attached hydrogen (secondary N) is 2. The van der Waals surface area contributed by atoms with Crippen molar-refractivity contribution in [1.82, 2.24) is 20.1 Å². The predicted molar refractivity (Wildman–Crippen MR) is 89.4 cm³/mol. The van der Waals surface area contributed by atoms with Crippen molar-refractivity contribution in [2.45, 2.75) is 44.4 Å². The van der Waals surface area contributed by atoms with Gasteiger partial charge in [0.05, 0.1) is 12.1 Å². The molecule has 4 rings (SSSR count). The minimum Gasteiger partial charge on any atom is -0.392 e. The number of carbonyl (C=O) groups is 1. The van der Waals surface area contributed by atoms with Crippen LogP contribution in [0.15, 0.2) is 24.3 Å². The van der Waals surface area contributed by atoms with Gasteiger partial charge < -0.3 is 20.3 Å². The number of aryl methyl sites for hydroxylation is 1. The third-order valence-corrected chi connectivity index (χ3v) is 4.69. The highest BCUT2D eigenvalue weighted by Crippen LogP contribution is 2.24. The van der Waals surface area contributed by atoms with Crippen LogP contribution in [-0.4, -0.2) is 44.5 Å². The minimum absolute atomic E-state index is 0.112. The Hall–Kier alpha value is -2.25. The van der Waals surface area contributed by atoms with Crippen LogP contribution in [0.2, 0.25) is 0 Å². The fraction of sp³-hybridized carbons (Fsp3) is 0.471. The van der Waals surface area contributed by atoms with Gasteiger partial charge in [-0.1, -0.05) is 0 Å². The van der Waals surface area contributed by atoms with E-state index < -0.39 is 6.10 Å². The Balaban J connectivity index is 1.47. The van der Waals surface area contributed by atoms with Crippen LogP contribution in [0.5, 0.6) is 0 Å². The van der Waals surface area contributed by atoms with Crippen LogP contribution in [0, 0.1) is 0 Å². The number of hydrogen-bond donors (Lipinski definition) is 3. The number of aromatic nitrogens is 3. The maximum Gasteiger partial charge on any atom is 0.241 e. The zero-order valence-electron chi connectivity index (χ0n) is 13.4. The quantitative estimate of drug-likeness (QED) is 0.780. The van der Waals surface area contributed by atoms with Gasteiger partial charge in [-0.2, -0.15) is 0 Å². The summed E-state index contributed by atoms with van der Waals surface area (Å²) in [6, 6.07) is 7.34. The van der Waals surface area contributed by atoms with Gasteiger partial charge in [-0.15, -0.1) is 10.2 Å². The van der Waals surface area contributed by atoms with Crippen LogP contribution >= 0.6 is 0 Å². The maximum atomic E-state index is 12.2. The van der Waals surface area contributed by atoms with Crippen molar-refractivity contribution in [2.75, 3.05) is 11.9 Å². The number of β-amino-alcohol motifs (C(OH)–C–C–N with tert-alkyl or cyclic N) is 1. The Morgan fingerprint density at radius 2 is 2.08 bits per heavy atom. The molecule has 1 fully saturated rings. The Bertz CT molecular complexity index is 740. The average Bonchev–Trinajstić information content (AvgIpc) is 3.22. The van der Waals surface area contributed by atoms with Crippen LogP contribution < -0.4 is 10.6 Å². The molecule has 1 aromatic carbocycles. The monoisotopic (exact) mass is 327 g/mol. The zero-order valence-corrected chi connectivity index (χ0v) is 13.4. The van der Waals surface area contributed by atoms with Gasteiger partial charge in [-0.3, -0.25) is 4.79 Å². The number of hydrogen-bond acceptors (Lipinski definition) is 5. The van der Waals surface area contributed by atoms with E-state index in [0.717, 1.165) is 42.3 Å². The number of amides is 1. The summed E-state index contributed by atoms with van der Waals surface area (Å²) in [6.45, 7) is 1.43. The molecule has 0 spiro atoms. The average molecular weight is 327 g/mol.